The first-order valence-electron chi connectivity index (χ1n) is 5.80. The molecule has 0 aromatic carbocycles. The van der Waals surface area contributed by atoms with Gasteiger partial charge < -0.3 is 9.30 Å². The van der Waals surface area contributed by atoms with Crippen molar-refractivity contribution in [3.05, 3.63) is 23.8 Å². The van der Waals surface area contributed by atoms with E-state index >= 15 is 0 Å². The lowest BCUT2D eigenvalue weighted by Gasteiger charge is -2.19. The molecule has 0 amide bonds. The maximum absolute atomic E-state index is 12.1. The summed E-state index contributed by atoms with van der Waals surface area (Å²) < 4.78 is 7.10. The van der Waals surface area contributed by atoms with E-state index in [-0.39, 0.29) is 5.97 Å². The second kappa shape index (κ2) is 4.08. The molecule has 0 saturated heterocycles. The van der Waals surface area contributed by atoms with Crippen LogP contribution in [0.5, 0.6) is 0 Å². The van der Waals surface area contributed by atoms with Crippen LogP contribution < -0.4 is 0 Å². The van der Waals surface area contributed by atoms with Crippen molar-refractivity contribution in [1.82, 2.24) is 14.5 Å². The van der Waals surface area contributed by atoms with E-state index < -0.39 is 5.60 Å². The van der Waals surface area contributed by atoms with Crippen molar-refractivity contribution in [2.75, 3.05) is 0 Å². The summed E-state index contributed by atoms with van der Waals surface area (Å²) in [7, 11) is 1.80. The largest absolute Gasteiger partial charge is 0.455 e. The third-order valence-electron chi connectivity index (χ3n) is 2.63. The van der Waals surface area contributed by atoms with Crippen molar-refractivity contribution in [3.8, 4) is 0 Å². The topological polar surface area (TPSA) is 57.0 Å². The maximum Gasteiger partial charge on any atom is 0.355 e. The summed E-state index contributed by atoms with van der Waals surface area (Å²) in [5.41, 5.74) is 1.58. The van der Waals surface area contributed by atoms with E-state index in [1.54, 1.807) is 17.7 Å². The van der Waals surface area contributed by atoms with Crippen molar-refractivity contribution in [2.24, 2.45) is 7.05 Å². The Hall–Kier alpha value is -1.91. The molecule has 18 heavy (non-hydrogen) atoms. The van der Waals surface area contributed by atoms with Gasteiger partial charge in [-0.3, -0.25) is 0 Å². The molecule has 0 spiro atoms. The van der Waals surface area contributed by atoms with Crippen LogP contribution in [0.3, 0.4) is 0 Å². The molecule has 5 heteroatoms. The molecule has 0 saturated carbocycles. The lowest BCUT2D eigenvalue weighted by Crippen LogP contribution is -2.25. The molecule has 0 atom stereocenters. The van der Waals surface area contributed by atoms with Crippen molar-refractivity contribution in [3.63, 3.8) is 0 Å². The Morgan fingerprint density at radius 3 is 2.56 bits per heavy atom. The fourth-order valence-electron chi connectivity index (χ4n) is 1.78. The predicted molar refractivity (Wildman–Crippen MR) is 68.4 cm³/mol. The van der Waals surface area contributed by atoms with Gasteiger partial charge in [-0.2, -0.15) is 0 Å². The molecular weight excluding hydrogens is 230 g/mol. The molecule has 0 bridgehead atoms. The zero-order chi connectivity index (χ0) is 13.5. The van der Waals surface area contributed by atoms with Gasteiger partial charge in [0.2, 0.25) is 0 Å². The fourth-order valence-corrected chi connectivity index (χ4v) is 1.78. The van der Waals surface area contributed by atoms with Gasteiger partial charge in [0.15, 0.2) is 0 Å². The predicted octanol–water partition coefficient (Wildman–Crippen LogP) is 2.23. The highest BCUT2D eigenvalue weighted by Crippen LogP contribution is 2.20. The number of rotatable bonds is 1. The Kier molecular flexibility index (Phi) is 2.84. The molecule has 2 aromatic heterocycles. The summed E-state index contributed by atoms with van der Waals surface area (Å²) in [6, 6.07) is 1.78. The normalized spacial score (nSPS) is 11.8. The van der Waals surface area contributed by atoms with Crippen molar-refractivity contribution in [2.45, 2.75) is 33.3 Å². The van der Waals surface area contributed by atoms with Gasteiger partial charge in [0.25, 0.3) is 0 Å². The van der Waals surface area contributed by atoms with Crippen LogP contribution in [0.1, 0.15) is 37.0 Å². The first kappa shape index (κ1) is 12.5. The lowest BCUT2D eigenvalue weighted by atomic mass is 10.2. The van der Waals surface area contributed by atoms with Gasteiger partial charge in [-0.15, -0.1) is 0 Å². The smallest absolute Gasteiger partial charge is 0.355 e. The number of nitrogens with zero attached hydrogens (tertiary/aromatic N) is 3. The zero-order valence-electron chi connectivity index (χ0n) is 11.3. The number of carbonyl (C=O) groups excluding carboxylic acids is 1. The van der Waals surface area contributed by atoms with Crippen molar-refractivity contribution < 1.29 is 9.53 Å². The van der Waals surface area contributed by atoms with Gasteiger partial charge in [-0.1, -0.05) is 0 Å². The van der Waals surface area contributed by atoms with Crippen LogP contribution in [0.15, 0.2) is 12.4 Å². The van der Waals surface area contributed by atoms with Crippen LogP contribution in [0.2, 0.25) is 0 Å². The van der Waals surface area contributed by atoms with Gasteiger partial charge >= 0.3 is 5.97 Å². The van der Waals surface area contributed by atoms with Gasteiger partial charge in [0.1, 0.15) is 23.3 Å². The maximum atomic E-state index is 12.1. The van der Waals surface area contributed by atoms with Crippen LogP contribution in [0, 0.1) is 6.92 Å². The number of hydrogen-bond acceptors (Lipinski definition) is 4. The molecular formula is C13H17N3O2. The first-order valence-corrected chi connectivity index (χ1v) is 5.80. The molecule has 2 aromatic rings. The third kappa shape index (κ3) is 2.20. The zero-order valence-corrected chi connectivity index (χ0v) is 11.3. The van der Waals surface area contributed by atoms with Crippen LogP contribution in [-0.4, -0.2) is 26.1 Å². The SMILES string of the molecule is Cc1ncnc2c1cc(C(=O)OC(C)(C)C)n2C. The van der Waals surface area contributed by atoms with Gasteiger partial charge in [0, 0.05) is 12.4 Å². The Labute approximate surface area is 106 Å². The molecule has 0 aliphatic rings. The summed E-state index contributed by atoms with van der Waals surface area (Å²) in [6.07, 6.45) is 1.50. The van der Waals surface area contributed by atoms with Crippen LogP contribution in [0.4, 0.5) is 0 Å². The first-order chi connectivity index (χ1) is 8.29. The average molecular weight is 247 g/mol. The molecule has 0 unspecified atom stereocenters. The van der Waals surface area contributed by atoms with Crippen LogP contribution in [-0.2, 0) is 11.8 Å². The molecule has 2 heterocycles. The standard InChI is InChI=1S/C13H17N3O2/c1-8-9-6-10(12(17)18-13(2,3)4)16(5)11(9)15-7-14-8/h6-7H,1-5H3. The second-order valence-corrected chi connectivity index (χ2v) is 5.29. The van der Waals surface area contributed by atoms with E-state index in [9.17, 15) is 4.79 Å². The summed E-state index contributed by atoms with van der Waals surface area (Å²) in [5.74, 6) is -0.345. The number of hydrogen-bond donors (Lipinski definition) is 0. The molecule has 0 aliphatic carbocycles. The fraction of sp³-hybridized carbons (Fsp3) is 0.462. The van der Waals surface area contributed by atoms with E-state index in [1.807, 2.05) is 27.7 Å². The number of esters is 1. The highest BCUT2D eigenvalue weighted by atomic mass is 16.6. The molecule has 0 fully saturated rings. The minimum Gasteiger partial charge on any atom is -0.455 e. The summed E-state index contributed by atoms with van der Waals surface area (Å²) in [5, 5.41) is 0.876. The van der Waals surface area contributed by atoms with Gasteiger partial charge in [0.05, 0.1) is 5.69 Å². The highest BCUT2D eigenvalue weighted by molar-refractivity contribution is 5.95. The summed E-state index contributed by atoms with van der Waals surface area (Å²) in [6.45, 7) is 7.43. The summed E-state index contributed by atoms with van der Waals surface area (Å²) >= 11 is 0. The highest BCUT2D eigenvalue weighted by Gasteiger charge is 2.22. The van der Waals surface area contributed by atoms with E-state index in [4.69, 9.17) is 4.74 Å². The molecule has 2 rings (SSSR count). The number of fused-ring (bicyclic) bond motifs is 1. The quantitative estimate of drug-likeness (QED) is 0.725. The summed E-state index contributed by atoms with van der Waals surface area (Å²) in [4.78, 5) is 20.4. The number of aryl methyl sites for hydroxylation is 2. The van der Waals surface area contributed by atoms with Crippen LogP contribution >= 0.6 is 0 Å². The Balaban J connectivity index is 2.50. The minimum atomic E-state index is -0.506. The van der Waals surface area contributed by atoms with Gasteiger partial charge in [-0.05, 0) is 33.8 Å². The Bertz CT molecular complexity index is 608. The van der Waals surface area contributed by atoms with E-state index in [1.165, 1.54) is 6.33 Å². The molecule has 96 valence electrons. The van der Waals surface area contributed by atoms with E-state index in [0.29, 0.717) is 5.69 Å². The van der Waals surface area contributed by atoms with Gasteiger partial charge in [-0.25, -0.2) is 14.8 Å². The molecule has 0 N–H and O–H groups in total. The number of carbonyl (C=O) groups is 1. The minimum absolute atomic E-state index is 0.345. The monoisotopic (exact) mass is 247 g/mol. The third-order valence-corrected chi connectivity index (χ3v) is 2.63. The second-order valence-electron chi connectivity index (χ2n) is 5.29. The number of ether oxygens (including phenoxy) is 1. The van der Waals surface area contributed by atoms with Crippen LogP contribution in [0.25, 0.3) is 11.0 Å². The van der Waals surface area contributed by atoms with Crippen molar-refractivity contribution >= 4 is 17.0 Å². The van der Waals surface area contributed by atoms with Crippen molar-refractivity contribution in [1.29, 1.82) is 0 Å². The molecule has 5 nitrogen and oxygen atoms in total. The molecule has 0 aliphatic heterocycles. The van der Waals surface area contributed by atoms with E-state index in [0.717, 1.165) is 16.7 Å². The average Bonchev–Trinajstić information content (AvgIpc) is 2.56. The number of aromatic nitrogens is 3. The Morgan fingerprint density at radius 1 is 1.33 bits per heavy atom. The lowest BCUT2D eigenvalue weighted by molar-refractivity contribution is 0.00594. The molecule has 0 radical (unpaired) electrons. The Morgan fingerprint density at radius 2 is 2.00 bits per heavy atom. The van der Waals surface area contributed by atoms with E-state index in [2.05, 4.69) is 9.97 Å².